The molecule has 0 aromatic heterocycles. The van der Waals surface area contributed by atoms with Crippen LogP contribution >= 0.6 is 15.9 Å². The van der Waals surface area contributed by atoms with Crippen LogP contribution < -0.4 is 5.32 Å². The Morgan fingerprint density at radius 3 is 2.39 bits per heavy atom. The number of hydrogen-bond donors (Lipinski definition) is 2. The van der Waals surface area contributed by atoms with E-state index in [1.807, 2.05) is 0 Å². The summed E-state index contributed by atoms with van der Waals surface area (Å²) in [6, 6.07) is 10.9. The monoisotopic (exact) mass is 387 g/mol. The normalized spacial score (nSPS) is 12.7. The highest BCUT2D eigenvalue weighted by atomic mass is 79.9. The van der Waals surface area contributed by atoms with E-state index >= 15 is 0 Å². The summed E-state index contributed by atoms with van der Waals surface area (Å²) in [6.07, 6.45) is -5.51. The molecule has 0 fully saturated rings. The molecule has 3 nitrogen and oxygen atoms in total. The van der Waals surface area contributed by atoms with Gasteiger partial charge in [0.05, 0.1) is 11.7 Å². The Morgan fingerprint density at radius 2 is 1.83 bits per heavy atom. The molecule has 0 radical (unpaired) electrons. The summed E-state index contributed by atoms with van der Waals surface area (Å²) >= 11 is 3.25. The fourth-order valence-corrected chi connectivity index (χ4v) is 2.33. The van der Waals surface area contributed by atoms with Gasteiger partial charge in [-0.1, -0.05) is 34.1 Å². The van der Waals surface area contributed by atoms with Crippen LogP contribution in [0.3, 0.4) is 0 Å². The first kappa shape index (κ1) is 17.5. The van der Waals surface area contributed by atoms with E-state index in [0.717, 1.165) is 16.6 Å². The van der Waals surface area contributed by atoms with Crippen molar-refractivity contribution in [1.29, 1.82) is 0 Å². The maximum atomic E-state index is 12.5. The van der Waals surface area contributed by atoms with Gasteiger partial charge >= 0.3 is 6.18 Å². The number of carbonyl (C=O) groups excluding carboxylic acids is 1. The molecule has 0 aliphatic rings. The molecule has 0 saturated carbocycles. The minimum absolute atomic E-state index is 0.100. The maximum absolute atomic E-state index is 12.5. The maximum Gasteiger partial charge on any atom is 0.416 e. The van der Waals surface area contributed by atoms with Crippen molar-refractivity contribution in [2.75, 3.05) is 6.54 Å². The van der Waals surface area contributed by atoms with Crippen molar-refractivity contribution in [2.24, 2.45) is 0 Å². The van der Waals surface area contributed by atoms with E-state index in [4.69, 9.17) is 0 Å². The van der Waals surface area contributed by atoms with E-state index in [1.54, 1.807) is 24.3 Å². The molecule has 0 spiro atoms. The van der Waals surface area contributed by atoms with Crippen molar-refractivity contribution in [1.82, 2.24) is 5.32 Å². The highest BCUT2D eigenvalue weighted by molar-refractivity contribution is 9.10. The molecule has 23 heavy (non-hydrogen) atoms. The number of amides is 1. The van der Waals surface area contributed by atoms with Crippen LogP contribution in [0.15, 0.2) is 53.0 Å². The lowest BCUT2D eigenvalue weighted by molar-refractivity contribution is -0.137. The Morgan fingerprint density at radius 1 is 1.17 bits per heavy atom. The molecule has 1 amide bonds. The Balaban J connectivity index is 1.97. The zero-order chi connectivity index (χ0) is 17.0. The van der Waals surface area contributed by atoms with E-state index in [1.165, 1.54) is 12.1 Å². The first-order chi connectivity index (χ1) is 10.8. The minimum Gasteiger partial charge on any atom is -0.387 e. The molecule has 122 valence electrons. The number of halogens is 4. The van der Waals surface area contributed by atoms with Gasteiger partial charge in [-0.2, -0.15) is 13.2 Å². The van der Waals surface area contributed by atoms with E-state index in [0.29, 0.717) is 11.1 Å². The van der Waals surface area contributed by atoms with Crippen molar-refractivity contribution in [3.05, 3.63) is 69.7 Å². The highest BCUT2D eigenvalue weighted by Crippen LogP contribution is 2.29. The molecule has 0 bridgehead atoms. The lowest BCUT2D eigenvalue weighted by Gasteiger charge is -2.14. The van der Waals surface area contributed by atoms with Gasteiger partial charge in [-0.3, -0.25) is 4.79 Å². The third-order valence-corrected chi connectivity index (χ3v) is 3.66. The molecule has 1 unspecified atom stereocenters. The lowest BCUT2D eigenvalue weighted by Crippen LogP contribution is -2.28. The van der Waals surface area contributed by atoms with Crippen LogP contribution in [-0.2, 0) is 6.18 Å². The van der Waals surface area contributed by atoms with Gasteiger partial charge in [-0.05, 0) is 35.9 Å². The SMILES string of the molecule is O=C(NCC(O)c1ccc(C(F)(F)F)cc1)c1cccc(Br)c1. The Labute approximate surface area is 139 Å². The second-order valence-electron chi connectivity index (χ2n) is 4.86. The van der Waals surface area contributed by atoms with Gasteiger partial charge in [-0.15, -0.1) is 0 Å². The Bertz CT molecular complexity index is 686. The fourth-order valence-electron chi connectivity index (χ4n) is 1.93. The van der Waals surface area contributed by atoms with Gasteiger partial charge < -0.3 is 10.4 Å². The molecular formula is C16H13BrF3NO2. The van der Waals surface area contributed by atoms with E-state index in [9.17, 15) is 23.1 Å². The fraction of sp³-hybridized carbons (Fsp3) is 0.188. The summed E-state index contributed by atoms with van der Waals surface area (Å²) in [7, 11) is 0. The molecule has 0 aliphatic heterocycles. The van der Waals surface area contributed by atoms with Crippen molar-refractivity contribution in [3.8, 4) is 0 Å². The third kappa shape index (κ3) is 4.80. The third-order valence-electron chi connectivity index (χ3n) is 3.17. The average molecular weight is 388 g/mol. The van der Waals surface area contributed by atoms with Crippen LogP contribution in [-0.4, -0.2) is 17.6 Å². The van der Waals surface area contributed by atoms with Crippen LogP contribution in [0.4, 0.5) is 13.2 Å². The number of aliphatic hydroxyl groups is 1. The molecule has 2 aromatic carbocycles. The van der Waals surface area contributed by atoms with Crippen molar-refractivity contribution in [2.45, 2.75) is 12.3 Å². The first-order valence-electron chi connectivity index (χ1n) is 6.66. The van der Waals surface area contributed by atoms with Crippen LogP contribution in [0.5, 0.6) is 0 Å². The van der Waals surface area contributed by atoms with E-state index in [-0.39, 0.29) is 12.5 Å². The number of carbonyl (C=O) groups is 1. The summed E-state index contributed by atoms with van der Waals surface area (Å²) in [4.78, 5) is 11.9. The molecule has 1 atom stereocenters. The number of rotatable bonds is 4. The van der Waals surface area contributed by atoms with Gasteiger partial charge in [0, 0.05) is 16.6 Å². The zero-order valence-electron chi connectivity index (χ0n) is 11.8. The molecule has 2 aromatic rings. The van der Waals surface area contributed by atoms with E-state index in [2.05, 4.69) is 21.2 Å². The highest BCUT2D eigenvalue weighted by Gasteiger charge is 2.30. The average Bonchev–Trinajstić information content (AvgIpc) is 2.51. The standard InChI is InChI=1S/C16H13BrF3NO2/c17-13-3-1-2-11(8-13)15(23)21-9-14(22)10-4-6-12(7-5-10)16(18,19)20/h1-8,14,22H,9H2,(H,21,23). The van der Waals surface area contributed by atoms with Crippen LogP contribution in [0.1, 0.15) is 27.6 Å². The smallest absolute Gasteiger partial charge is 0.387 e. The molecule has 0 saturated heterocycles. The van der Waals surface area contributed by atoms with Crippen molar-refractivity contribution >= 4 is 21.8 Å². The molecule has 2 N–H and O–H groups in total. The quantitative estimate of drug-likeness (QED) is 0.834. The summed E-state index contributed by atoms with van der Waals surface area (Å²) < 4.78 is 38.2. The predicted molar refractivity (Wildman–Crippen MR) is 82.9 cm³/mol. The van der Waals surface area contributed by atoms with Crippen LogP contribution in [0, 0.1) is 0 Å². The lowest BCUT2D eigenvalue weighted by atomic mass is 10.1. The van der Waals surface area contributed by atoms with Crippen molar-refractivity contribution < 1.29 is 23.1 Å². The van der Waals surface area contributed by atoms with Crippen LogP contribution in [0.25, 0.3) is 0 Å². The largest absolute Gasteiger partial charge is 0.416 e. The zero-order valence-corrected chi connectivity index (χ0v) is 13.4. The van der Waals surface area contributed by atoms with Gasteiger partial charge in [0.15, 0.2) is 0 Å². The summed E-state index contributed by atoms with van der Waals surface area (Å²) in [5.74, 6) is -0.378. The molecule has 0 aliphatic carbocycles. The van der Waals surface area contributed by atoms with Gasteiger partial charge in [0.25, 0.3) is 5.91 Å². The minimum atomic E-state index is -4.42. The Kier molecular flexibility index (Phi) is 5.43. The summed E-state index contributed by atoms with van der Waals surface area (Å²) in [5.41, 5.74) is -0.0712. The second-order valence-corrected chi connectivity index (χ2v) is 5.77. The van der Waals surface area contributed by atoms with Crippen molar-refractivity contribution in [3.63, 3.8) is 0 Å². The Hall–Kier alpha value is -1.86. The van der Waals surface area contributed by atoms with Crippen LogP contribution in [0.2, 0.25) is 0 Å². The number of nitrogens with one attached hydrogen (secondary N) is 1. The molecule has 0 heterocycles. The molecular weight excluding hydrogens is 375 g/mol. The number of aliphatic hydroxyl groups excluding tert-OH is 1. The van der Waals surface area contributed by atoms with Gasteiger partial charge in [0.2, 0.25) is 0 Å². The van der Waals surface area contributed by atoms with E-state index < -0.39 is 17.8 Å². The topological polar surface area (TPSA) is 49.3 Å². The summed E-state index contributed by atoms with van der Waals surface area (Å²) in [5, 5.41) is 12.5. The van der Waals surface area contributed by atoms with Gasteiger partial charge in [-0.25, -0.2) is 0 Å². The molecule has 2 rings (SSSR count). The second kappa shape index (κ2) is 7.14. The summed E-state index contributed by atoms with van der Waals surface area (Å²) in [6.45, 7) is -0.100. The molecule has 7 heteroatoms. The number of alkyl halides is 3. The number of hydrogen-bond acceptors (Lipinski definition) is 2. The number of benzene rings is 2. The van der Waals surface area contributed by atoms with Gasteiger partial charge in [0.1, 0.15) is 0 Å². The first-order valence-corrected chi connectivity index (χ1v) is 7.45. The predicted octanol–water partition coefficient (Wildman–Crippen LogP) is 3.93.